The Hall–Kier alpha value is 0.0500. The van der Waals surface area contributed by atoms with E-state index >= 15 is 0 Å². The van der Waals surface area contributed by atoms with Gasteiger partial charge in [0.2, 0.25) is 0 Å². The fraction of sp³-hybridized carbons (Fsp3) is 0.625. The highest BCUT2D eigenvalue weighted by Crippen LogP contribution is 2.42. The largest absolute Gasteiger partial charge is 0.125 e. The normalized spacial score (nSPS) is 18.8. The van der Waals surface area contributed by atoms with Crippen molar-refractivity contribution in [3.05, 3.63) is 29.3 Å². The lowest BCUT2D eigenvalue weighted by molar-refractivity contribution is 0.260. The van der Waals surface area contributed by atoms with Crippen LogP contribution in [-0.2, 0) is 0 Å². The summed E-state index contributed by atoms with van der Waals surface area (Å²) >= 11 is 5.81. The van der Waals surface area contributed by atoms with Gasteiger partial charge in [-0.25, -0.2) is 0 Å². The van der Waals surface area contributed by atoms with Crippen LogP contribution in [0.4, 0.5) is 0 Å². The third-order valence-corrected chi connectivity index (χ3v) is 6.78. The Bertz CT molecular complexity index is 394. The van der Waals surface area contributed by atoms with E-state index < -0.39 is 0 Å². The Morgan fingerprint density at radius 1 is 1.17 bits per heavy atom. The molecular formula is C16H23BrS. The first-order chi connectivity index (χ1) is 8.65. The lowest BCUT2D eigenvalue weighted by Gasteiger charge is -2.35. The quantitative estimate of drug-likeness (QED) is 0.502. The van der Waals surface area contributed by atoms with E-state index in [1.54, 1.807) is 0 Å². The van der Waals surface area contributed by atoms with Gasteiger partial charge in [-0.05, 0) is 43.7 Å². The van der Waals surface area contributed by atoms with Gasteiger partial charge in [0.1, 0.15) is 0 Å². The zero-order valence-corrected chi connectivity index (χ0v) is 13.9. The average molecular weight is 327 g/mol. The second kappa shape index (κ2) is 6.47. The summed E-state index contributed by atoms with van der Waals surface area (Å²) in [4.78, 5) is 1.46. The maximum absolute atomic E-state index is 3.76. The Balaban J connectivity index is 2.01. The fourth-order valence-corrected chi connectivity index (χ4v) is 5.14. The predicted octanol–water partition coefficient (Wildman–Crippen LogP) is 5.74. The first-order valence-corrected chi connectivity index (χ1v) is 9.02. The van der Waals surface area contributed by atoms with Gasteiger partial charge in [-0.15, -0.1) is 11.8 Å². The van der Waals surface area contributed by atoms with Crippen LogP contribution in [0.1, 0.15) is 43.2 Å². The lowest BCUT2D eigenvalue weighted by Crippen LogP contribution is -2.28. The number of hydrogen-bond acceptors (Lipinski definition) is 1. The first-order valence-electron chi connectivity index (χ1n) is 6.91. The van der Waals surface area contributed by atoms with Crippen molar-refractivity contribution in [3.63, 3.8) is 0 Å². The van der Waals surface area contributed by atoms with Crippen molar-refractivity contribution in [1.29, 1.82) is 0 Å². The van der Waals surface area contributed by atoms with Gasteiger partial charge in [0.25, 0.3) is 0 Å². The Morgan fingerprint density at radius 2 is 1.89 bits per heavy atom. The van der Waals surface area contributed by atoms with Crippen LogP contribution in [0.15, 0.2) is 23.1 Å². The Kier molecular flexibility index (Phi) is 5.20. The molecule has 1 aliphatic carbocycles. The van der Waals surface area contributed by atoms with Crippen LogP contribution in [0.3, 0.4) is 0 Å². The molecule has 0 atom stereocenters. The van der Waals surface area contributed by atoms with Gasteiger partial charge in [-0.2, -0.15) is 0 Å². The highest BCUT2D eigenvalue weighted by molar-refractivity contribution is 9.09. The number of thioether (sulfide) groups is 1. The number of aryl methyl sites for hydroxylation is 2. The molecule has 18 heavy (non-hydrogen) atoms. The van der Waals surface area contributed by atoms with Crippen molar-refractivity contribution < 1.29 is 0 Å². The average Bonchev–Trinajstić information content (AvgIpc) is 2.39. The summed E-state index contributed by atoms with van der Waals surface area (Å²) in [6.45, 7) is 4.40. The predicted molar refractivity (Wildman–Crippen MR) is 86.0 cm³/mol. The maximum Gasteiger partial charge on any atom is 0.0102 e. The van der Waals surface area contributed by atoms with E-state index in [2.05, 4.69) is 59.7 Å². The van der Waals surface area contributed by atoms with Crippen LogP contribution in [0.2, 0.25) is 0 Å². The highest BCUT2D eigenvalue weighted by atomic mass is 79.9. The highest BCUT2D eigenvalue weighted by Gasteiger charge is 2.30. The fourth-order valence-electron chi connectivity index (χ4n) is 2.81. The molecule has 1 aromatic rings. The summed E-state index contributed by atoms with van der Waals surface area (Å²) in [5, 5.41) is 1.16. The molecule has 0 radical (unpaired) electrons. The second-order valence-electron chi connectivity index (χ2n) is 5.75. The SMILES string of the molecule is Cc1ccc(SCC2(CBr)CCCCC2)c(C)c1. The minimum absolute atomic E-state index is 0.542. The summed E-state index contributed by atoms with van der Waals surface area (Å²) in [6.07, 6.45) is 7.06. The zero-order chi connectivity index (χ0) is 13.0. The Labute approximate surface area is 124 Å². The second-order valence-corrected chi connectivity index (χ2v) is 7.33. The molecule has 0 saturated heterocycles. The molecule has 100 valence electrons. The third-order valence-electron chi connectivity index (χ3n) is 4.06. The summed E-state index contributed by atoms with van der Waals surface area (Å²) in [5.41, 5.74) is 3.34. The van der Waals surface area contributed by atoms with E-state index in [1.165, 1.54) is 53.9 Å². The van der Waals surface area contributed by atoms with Crippen LogP contribution in [0, 0.1) is 19.3 Å². The van der Waals surface area contributed by atoms with Gasteiger partial charge in [0.05, 0.1) is 0 Å². The molecule has 0 nitrogen and oxygen atoms in total. The molecule has 0 unspecified atom stereocenters. The molecular weight excluding hydrogens is 304 g/mol. The topological polar surface area (TPSA) is 0 Å². The molecule has 1 aromatic carbocycles. The molecule has 2 heteroatoms. The first kappa shape index (κ1) is 14.5. The van der Waals surface area contributed by atoms with E-state index in [4.69, 9.17) is 0 Å². The number of hydrogen-bond donors (Lipinski definition) is 0. The molecule has 0 aliphatic heterocycles. The van der Waals surface area contributed by atoms with Crippen LogP contribution in [0.25, 0.3) is 0 Å². The van der Waals surface area contributed by atoms with E-state index in [9.17, 15) is 0 Å². The molecule has 1 fully saturated rings. The molecule has 1 saturated carbocycles. The smallest absolute Gasteiger partial charge is 0.0102 e. The number of benzene rings is 1. The van der Waals surface area contributed by atoms with Crippen molar-refractivity contribution >= 4 is 27.7 Å². The zero-order valence-electron chi connectivity index (χ0n) is 11.5. The van der Waals surface area contributed by atoms with Crippen LogP contribution in [0.5, 0.6) is 0 Å². The molecule has 0 N–H and O–H groups in total. The van der Waals surface area contributed by atoms with Gasteiger partial charge in [-0.3, -0.25) is 0 Å². The summed E-state index contributed by atoms with van der Waals surface area (Å²) in [6, 6.07) is 6.82. The third kappa shape index (κ3) is 3.54. The van der Waals surface area contributed by atoms with Crippen molar-refractivity contribution in [2.45, 2.75) is 50.8 Å². The van der Waals surface area contributed by atoms with Crippen LogP contribution >= 0.6 is 27.7 Å². The van der Waals surface area contributed by atoms with E-state index in [-0.39, 0.29) is 0 Å². The van der Waals surface area contributed by atoms with Gasteiger partial charge in [0, 0.05) is 16.0 Å². The minimum atomic E-state index is 0.542. The molecule has 2 rings (SSSR count). The molecule has 0 amide bonds. The van der Waals surface area contributed by atoms with Gasteiger partial charge in [0.15, 0.2) is 0 Å². The standard InChI is InChI=1S/C16H23BrS/c1-13-6-7-15(14(2)10-13)18-12-16(11-17)8-4-3-5-9-16/h6-7,10H,3-5,8-9,11-12H2,1-2H3. The van der Waals surface area contributed by atoms with Crippen LogP contribution < -0.4 is 0 Å². The summed E-state index contributed by atoms with van der Waals surface area (Å²) in [7, 11) is 0. The van der Waals surface area contributed by atoms with E-state index in [0.29, 0.717) is 5.41 Å². The van der Waals surface area contributed by atoms with Crippen LogP contribution in [-0.4, -0.2) is 11.1 Å². The van der Waals surface area contributed by atoms with Crippen molar-refractivity contribution in [3.8, 4) is 0 Å². The molecule has 0 spiro atoms. The van der Waals surface area contributed by atoms with Crippen molar-refractivity contribution in [1.82, 2.24) is 0 Å². The summed E-state index contributed by atoms with van der Waals surface area (Å²) in [5.74, 6) is 1.27. The molecule has 0 bridgehead atoms. The van der Waals surface area contributed by atoms with Crippen molar-refractivity contribution in [2.24, 2.45) is 5.41 Å². The maximum atomic E-state index is 3.76. The number of alkyl halides is 1. The van der Waals surface area contributed by atoms with Gasteiger partial charge in [-0.1, -0.05) is 52.9 Å². The van der Waals surface area contributed by atoms with E-state index in [1.807, 2.05) is 0 Å². The minimum Gasteiger partial charge on any atom is -0.125 e. The van der Waals surface area contributed by atoms with Gasteiger partial charge < -0.3 is 0 Å². The summed E-state index contributed by atoms with van der Waals surface area (Å²) < 4.78 is 0. The monoisotopic (exact) mass is 326 g/mol. The molecule has 0 heterocycles. The van der Waals surface area contributed by atoms with Crippen molar-refractivity contribution in [2.75, 3.05) is 11.1 Å². The molecule has 1 aliphatic rings. The lowest BCUT2D eigenvalue weighted by atomic mass is 9.77. The Morgan fingerprint density at radius 3 is 2.50 bits per heavy atom. The molecule has 0 aromatic heterocycles. The van der Waals surface area contributed by atoms with Gasteiger partial charge >= 0.3 is 0 Å². The number of halogens is 1. The number of rotatable bonds is 4. The van der Waals surface area contributed by atoms with E-state index in [0.717, 1.165) is 5.33 Å².